The highest BCUT2D eigenvalue weighted by Crippen LogP contribution is 2.75. The molecular formula is C25H21N3O3. The van der Waals surface area contributed by atoms with Crippen LogP contribution in [0.2, 0.25) is 0 Å². The zero-order chi connectivity index (χ0) is 21.5. The largest absolute Gasteiger partial charge is 0.293 e. The lowest BCUT2D eigenvalue weighted by atomic mass is 9.62. The molecule has 1 saturated carbocycles. The van der Waals surface area contributed by atoms with Gasteiger partial charge in [0.05, 0.1) is 46.1 Å². The second-order valence-electron chi connectivity index (χ2n) is 9.31. The number of carbonyl (C=O) groups excluding carboxylic acids is 3. The molecule has 6 rings (SSSR count). The number of imide groups is 1. The van der Waals surface area contributed by atoms with Crippen molar-refractivity contribution in [3.63, 3.8) is 0 Å². The van der Waals surface area contributed by atoms with Crippen LogP contribution in [0.5, 0.6) is 0 Å². The zero-order valence-corrected chi connectivity index (χ0v) is 17.3. The predicted molar refractivity (Wildman–Crippen MR) is 114 cm³/mol. The van der Waals surface area contributed by atoms with E-state index in [0.29, 0.717) is 17.7 Å². The van der Waals surface area contributed by atoms with Crippen LogP contribution >= 0.6 is 0 Å². The van der Waals surface area contributed by atoms with E-state index in [-0.39, 0.29) is 17.6 Å². The van der Waals surface area contributed by atoms with Crippen molar-refractivity contribution in [2.75, 3.05) is 4.90 Å². The molecule has 31 heavy (non-hydrogen) atoms. The average Bonchev–Trinajstić information content (AvgIpc) is 3.22. The van der Waals surface area contributed by atoms with E-state index < -0.39 is 22.7 Å². The summed E-state index contributed by atoms with van der Waals surface area (Å²) in [6.07, 6.45) is 2.17. The van der Waals surface area contributed by atoms with Gasteiger partial charge in [0.1, 0.15) is 0 Å². The van der Waals surface area contributed by atoms with Crippen molar-refractivity contribution in [1.29, 1.82) is 0 Å². The Labute approximate surface area is 179 Å². The van der Waals surface area contributed by atoms with Gasteiger partial charge in [0.2, 0.25) is 11.8 Å². The Balaban J connectivity index is 1.43. The molecule has 2 unspecified atom stereocenters. The number of hydrogen-bond donors (Lipinski definition) is 0. The van der Waals surface area contributed by atoms with E-state index in [1.165, 1.54) is 4.90 Å². The van der Waals surface area contributed by atoms with Crippen LogP contribution in [0.15, 0.2) is 66.9 Å². The number of amides is 2. The van der Waals surface area contributed by atoms with E-state index in [9.17, 15) is 14.4 Å². The number of rotatable bonds is 2. The molecule has 2 aliphatic carbocycles. The molecule has 2 heterocycles. The number of aromatic nitrogens is 2. The van der Waals surface area contributed by atoms with Crippen LogP contribution in [0.1, 0.15) is 29.9 Å². The van der Waals surface area contributed by atoms with E-state index in [2.05, 4.69) is 5.10 Å². The van der Waals surface area contributed by atoms with Gasteiger partial charge in [0.25, 0.3) is 0 Å². The maximum absolute atomic E-state index is 13.8. The van der Waals surface area contributed by atoms with Crippen LogP contribution in [0.4, 0.5) is 5.69 Å². The Bertz CT molecular complexity index is 1240. The van der Waals surface area contributed by atoms with Crippen molar-refractivity contribution >= 4 is 23.3 Å². The van der Waals surface area contributed by atoms with Crippen LogP contribution in [0.25, 0.3) is 5.69 Å². The zero-order valence-electron chi connectivity index (χ0n) is 17.3. The third-order valence-electron chi connectivity index (χ3n) is 7.41. The Hall–Kier alpha value is -3.54. The average molecular weight is 411 g/mol. The third kappa shape index (κ3) is 2.07. The molecule has 3 aromatic rings. The molecule has 2 fully saturated rings. The van der Waals surface area contributed by atoms with E-state index in [1.54, 1.807) is 35.1 Å². The van der Waals surface area contributed by atoms with Gasteiger partial charge in [0, 0.05) is 0 Å². The monoisotopic (exact) mass is 411 g/mol. The van der Waals surface area contributed by atoms with Crippen molar-refractivity contribution in [2.45, 2.75) is 20.3 Å². The quantitative estimate of drug-likeness (QED) is 0.606. The Morgan fingerprint density at radius 2 is 1.39 bits per heavy atom. The van der Waals surface area contributed by atoms with E-state index >= 15 is 0 Å². The molecule has 0 N–H and O–H groups in total. The summed E-state index contributed by atoms with van der Waals surface area (Å²) in [7, 11) is 0. The number of benzene rings is 2. The second-order valence-corrected chi connectivity index (χ2v) is 9.31. The molecule has 1 spiro atoms. The number of para-hydroxylation sites is 2. The van der Waals surface area contributed by atoms with Crippen molar-refractivity contribution < 1.29 is 14.4 Å². The lowest BCUT2D eigenvalue weighted by Gasteiger charge is -2.41. The van der Waals surface area contributed by atoms with Crippen LogP contribution in [0, 0.1) is 22.7 Å². The lowest BCUT2D eigenvalue weighted by molar-refractivity contribution is -0.126. The summed E-state index contributed by atoms with van der Waals surface area (Å²) in [5, 5.41) is 4.49. The fraction of sp³-hybridized carbons (Fsp3) is 0.280. The molecule has 6 nitrogen and oxygen atoms in total. The van der Waals surface area contributed by atoms with Gasteiger partial charge in [0.15, 0.2) is 5.78 Å². The molecule has 2 aromatic carbocycles. The van der Waals surface area contributed by atoms with Gasteiger partial charge in [-0.05, 0) is 36.1 Å². The topological polar surface area (TPSA) is 72.3 Å². The summed E-state index contributed by atoms with van der Waals surface area (Å²) < 4.78 is 1.81. The van der Waals surface area contributed by atoms with E-state index in [4.69, 9.17) is 0 Å². The van der Waals surface area contributed by atoms with Gasteiger partial charge in [-0.2, -0.15) is 5.10 Å². The van der Waals surface area contributed by atoms with Crippen molar-refractivity contribution in [1.82, 2.24) is 9.78 Å². The molecule has 0 bridgehead atoms. The van der Waals surface area contributed by atoms with Crippen molar-refractivity contribution in [3.8, 4) is 5.69 Å². The predicted octanol–water partition coefficient (Wildman–Crippen LogP) is 3.44. The van der Waals surface area contributed by atoms with Crippen LogP contribution < -0.4 is 4.90 Å². The summed E-state index contributed by atoms with van der Waals surface area (Å²) in [4.78, 5) is 41.8. The van der Waals surface area contributed by atoms with Gasteiger partial charge in [-0.15, -0.1) is 0 Å². The van der Waals surface area contributed by atoms with Crippen LogP contribution in [-0.4, -0.2) is 27.4 Å². The first kappa shape index (κ1) is 18.2. The molecular weight excluding hydrogens is 390 g/mol. The highest BCUT2D eigenvalue weighted by molar-refractivity contribution is 6.30. The first-order chi connectivity index (χ1) is 14.9. The fourth-order valence-electron chi connectivity index (χ4n) is 6.03. The SMILES string of the molecule is CC1(C)Cc2c(cnn2-c2ccccc2)C(=O)C12C1C(=O)N(c3ccccc3)C(=O)C12. The maximum Gasteiger partial charge on any atom is 0.238 e. The molecule has 0 radical (unpaired) electrons. The molecule has 1 aliphatic heterocycles. The Kier molecular flexibility index (Phi) is 3.40. The van der Waals surface area contributed by atoms with Gasteiger partial charge in [-0.25, -0.2) is 9.58 Å². The van der Waals surface area contributed by atoms with Crippen molar-refractivity contribution in [2.24, 2.45) is 22.7 Å². The summed E-state index contributed by atoms with van der Waals surface area (Å²) in [5.74, 6) is -1.85. The standard InChI is InChI=1S/C25H21N3O3/c1-24(2)13-18-17(14-26-28(18)16-11-7-4-8-12-16)21(29)25(24)19-20(25)23(31)27(22(19)30)15-9-5-3-6-10-15/h3-12,14,19-20H,13H2,1-2H3. The summed E-state index contributed by atoms with van der Waals surface area (Å²) in [6, 6.07) is 18.7. The van der Waals surface area contributed by atoms with Gasteiger partial charge in [-0.3, -0.25) is 14.4 Å². The van der Waals surface area contributed by atoms with Crippen molar-refractivity contribution in [3.05, 3.63) is 78.1 Å². The summed E-state index contributed by atoms with van der Waals surface area (Å²) in [5.41, 5.74) is 1.30. The molecule has 6 heteroatoms. The highest BCUT2D eigenvalue weighted by atomic mass is 16.2. The van der Waals surface area contributed by atoms with Gasteiger partial charge >= 0.3 is 0 Å². The molecule has 3 aliphatic rings. The number of hydrogen-bond acceptors (Lipinski definition) is 4. The van der Waals surface area contributed by atoms with Crippen LogP contribution in [-0.2, 0) is 16.0 Å². The van der Waals surface area contributed by atoms with Crippen LogP contribution in [0.3, 0.4) is 0 Å². The second kappa shape index (κ2) is 5.78. The first-order valence-electron chi connectivity index (χ1n) is 10.5. The van der Waals surface area contributed by atoms with Gasteiger partial charge in [-0.1, -0.05) is 50.2 Å². The normalized spacial score (nSPS) is 28.1. The first-order valence-corrected chi connectivity index (χ1v) is 10.5. The molecule has 2 amide bonds. The lowest BCUT2D eigenvalue weighted by Crippen LogP contribution is -2.49. The number of Topliss-reactive ketones (excluding diaryl/α,β-unsaturated/α-hetero) is 1. The number of ketones is 1. The molecule has 1 aromatic heterocycles. The number of fused-ring (bicyclic) bond motifs is 4. The number of nitrogens with zero attached hydrogens (tertiary/aromatic N) is 3. The number of carbonyl (C=O) groups is 3. The van der Waals surface area contributed by atoms with E-state index in [1.807, 2.05) is 50.2 Å². The smallest absolute Gasteiger partial charge is 0.238 e. The molecule has 154 valence electrons. The fourth-order valence-corrected chi connectivity index (χ4v) is 6.03. The third-order valence-corrected chi connectivity index (χ3v) is 7.41. The maximum atomic E-state index is 13.8. The van der Waals surface area contributed by atoms with Gasteiger partial charge < -0.3 is 0 Å². The minimum Gasteiger partial charge on any atom is -0.293 e. The highest BCUT2D eigenvalue weighted by Gasteiger charge is 2.85. The van der Waals surface area contributed by atoms with E-state index in [0.717, 1.165) is 11.4 Å². The minimum atomic E-state index is -0.982. The number of piperidine rings is 1. The summed E-state index contributed by atoms with van der Waals surface area (Å²) >= 11 is 0. The minimum absolute atomic E-state index is 0.120. The summed E-state index contributed by atoms with van der Waals surface area (Å²) in [6.45, 7) is 4.00. The Morgan fingerprint density at radius 1 is 0.839 bits per heavy atom. The molecule has 1 saturated heterocycles. The Morgan fingerprint density at radius 3 is 1.97 bits per heavy atom. The molecule has 2 atom stereocenters. The number of anilines is 1.